The highest BCUT2D eigenvalue weighted by Crippen LogP contribution is 2.23. The molecule has 4 nitrogen and oxygen atoms in total. The summed E-state index contributed by atoms with van der Waals surface area (Å²) < 4.78 is 4.99. The predicted octanol–water partition coefficient (Wildman–Crippen LogP) is 3.35. The molecule has 1 aromatic carbocycles. The van der Waals surface area contributed by atoms with Gasteiger partial charge in [0, 0.05) is 24.6 Å². The number of carbonyl (C=O) groups is 2. The predicted molar refractivity (Wildman–Crippen MR) is 81.6 cm³/mol. The first kappa shape index (κ1) is 15.5. The molecule has 1 saturated heterocycles. The van der Waals surface area contributed by atoms with Gasteiger partial charge in [-0.25, -0.2) is 4.79 Å². The zero-order valence-electron chi connectivity index (χ0n) is 13.0. The average molecular weight is 289 g/mol. The van der Waals surface area contributed by atoms with E-state index in [-0.39, 0.29) is 17.8 Å². The van der Waals surface area contributed by atoms with Crippen LogP contribution in [-0.2, 0) is 4.74 Å². The summed E-state index contributed by atoms with van der Waals surface area (Å²) in [5, 5.41) is 0. The molecule has 0 N–H and O–H groups in total. The van der Waals surface area contributed by atoms with Crippen LogP contribution in [0.25, 0.3) is 0 Å². The molecule has 0 saturated carbocycles. The van der Waals surface area contributed by atoms with Crippen molar-refractivity contribution in [3.8, 4) is 0 Å². The lowest BCUT2D eigenvalue weighted by Crippen LogP contribution is -2.40. The number of hydrogen-bond donors (Lipinski definition) is 0. The molecular formula is C17H23NO3. The Hall–Kier alpha value is -1.84. The minimum absolute atomic E-state index is 0.0118. The molecule has 0 aromatic heterocycles. The first-order chi connectivity index (χ1) is 10.0. The number of nitrogens with zero attached hydrogens (tertiary/aromatic N) is 1. The van der Waals surface area contributed by atoms with Gasteiger partial charge in [-0.2, -0.15) is 0 Å². The smallest absolute Gasteiger partial charge is 0.409 e. The molecule has 1 aromatic rings. The maximum atomic E-state index is 12.5. The molecule has 21 heavy (non-hydrogen) atoms. The fourth-order valence-corrected chi connectivity index (χ4v) is 2.67. The first-order valence-electron chi connectivity index (χ1n) is 7.56. The van der Waals surface area contributed by atoms with Crippen molar-refractivity contribution < 1.29 is 14.3 Å². The zero-order chi connectivity index (χ0) is 15.4. The van der Waals surface area contributed by atoms with E-state index in [4.69, 9.17) is 4.74 Å². The first-order valence-corrected chi connectivity index (χ1v) is 7.56. The lowest BCUT2D eigenvalue weighted by molar-refractivity contribution is 0.0753. The Balaban J connectivity index is 1.97. The summed E-state index contributed by atoms with van der Waals surface area (Å²) in [7, 11) is 0. The molecule has 0 aliphatic carbocycles. The lowest BCUT2D eigenvalue weighted by Gasteiger charge is -2.30. The molecule has 1 heterocycles. The van der Waals surface area contributed by atoms with Gasteiger partial charge >= 0.3 is 6.09 Å². The molecule has 0 radical (unpaired) electrons. The number of Topliss-reactive ketones (excluding diaryl/α,β-unsaturated/α-hetero) is 1. The van der Waals surface area contributed by atoms with E-state index in [9.17, 15) is 9.59 Å². The molecule has 114 valence electrons. The van der Waals surface area contributed by atoms with E-state index in [2.05, 4.69) is 0 Å². The highest BCUT2D eigenvalue weighted by Gasteiger charge is 2.28. The number of rotatable bonds is 3. The molecule has 1 fully saturated rings. The van der Waals surface area contributed by atoms with E-state index in [0.29, 0.717) is 32.5 Å². The van der Waals surface area contributed by atoms with E-state index in [1.165, 1.54) is 5.56 Å². The van der Waals surface area contributed by atoms with Crippen LogP contribution in [0.3, 0.4) is 0 Å². The van der Waals surface area contributed by atoms with Crippen molar-refractivity contribution in [3.63, 3.8) is 0 Å². The zero-order valence-corrected chi connectivity index (χ0v) is 13.0. The second-order valence-electron chi connectivity index (χ2n) is 5.62. The van der Waals surface area contributed by atoms with Crippen LogP contribution in [0.2, 0.25) is 0 Å². The second kappa shape index (κ2) is 6.74. The van der Waals surface area contributed by atoms with E-state index >= 15 is 0 Å². The Kier molecular flexibility index (Phi) is 4.99. The number of amides is 1. The van der Waals surface area contributed by atoms with Gasteiger partial charge in [-0.05, 0) is 50.8 Å². The quantitative estimate of drug-likeness (QED) is 0.802. The topological polar surface area (TPSA) is 46.6 Å². The maximum Gasteiger partial charge on any atom is 0.409 e. The van der Waals surface area contributed by atoms with Gasteiger partial charge in [0.15, 0.2) is 5.78 Å². The Labute approximate surface area is 126 Å². The van der Waals surface area contributed by atoms with Crippen LogP contribution in [0.15, 0.2) is 18.2 Å². The molecule has 1 aliphatic heterocycles. The molecule has 1 amide bonds. The number of ether oxygens (including phenoxy) is 1. The maximum absolute atomic E-state index is 12.5. The van der Waals surface area contributed by atoms with Crippen molar-refractivity contribution >= 4 is 11.9 Å². The minimum atomic E-state index is -0.269. The van der Waals surface area contributed by atoms with Crippen LogP contribution in [0.4, 0.5) is 4.79 Å². The van der Waals surface area contributed by atoms with Gasteiger partial charge in [0.25, 0.3) is 0 Å². The van der Waals surface area contributed by atoms with Crippen LogP contribution in [-0.4, -0.2) is 36.5 Å². The van der Waals surface area contributed by atoms with Gasteiger partial charge < -0.3 is 9.64 Å². The third-order valence-electron chi connectivity index (χ3n) is 4.18. The van der Waals surface area contributed by atoms with Crippen LogP contribution < -0.4 is 0 Å². The van der Waals surface area contributed by atoms with Crippen molar-refractivity contribution in [1.82, 2.24) is 4.90 Å². The number of hydrogen-bond acceptors (Lipinski definition) is 3. The number of likely N-dealkylation sites (tertiary alicyclic amines) is 1. The van der Waals surface area contributed by atoms with E-state index < -0.39 is 0 Å². The van der Waals surface area contributed by atoms with Gasteiger partial charge in [0.05, 0.1) is 6.61 Å². The van der Waals surface area contributed by atoms with Crippen LogP contribution in [0.1, 0.15) is 41.3 Å². The van der Waals surface area contributed by atoms with Crippen LogP contribution in [0, 0.1) is 19.8 Å². The third kappa shape index (κ3) is 3.63. The standard InChI is InChI=1S/C17H23NO3/c1-4-21-17(20)18-9-7-14(8-10-18)16(19)15-6-5-12(2)13(3)11-15/h5-6,11,14H,4,7-10H2,1-3H3. The second-order valence-corrected chi connectivity index (χ2v) is 5.62. The largest absolute Gasteiger partial charge is 0.450 e. The Bertz CT molecular complexity index is 531. The lowest BCUT2D eigenvalue weighted by atomic mass is 9.88. The van der Waals surface area contributed by atoms with Gasteiger partial charge in [0.1, 0.15) is 0 Å². The highest BCUT2D eigenvalue weighted by atomic mass is 16.6. The van der Waals surface area contributed by atoms with Crippen molar-refractivity contribution in [2.24, 2.45) is 5.92 Å². The SMILES string of the molecule is CCOC(=O)N1CCC(C(=O)c2ccc(C)c(C)c2)CC1. The van der Waals surface area contributed by atoms with Gasteiger partial charge in [-0.3, -0.25) is 4.79 Å². The number of carbonyl (C=O) groups excluding carboxylic acids is 2. The number of aryl methyl sites for hydroxylation is 2. The summed E-state index contributed by atoms with van der Waals surface area (Å²) in [6, 6.07) is 5.87. The molecule has 2 rings (SSSR count). The molecule has 0 atom stereocenters. The summed E-state index contributed by atoms with van der Waals surface area (Å²) in [5.41, 5.74) is 3.13. The van der Waals surface area contributed by atoms with Crippen LogP contribution >= 0.6 is 0 Å². The Morgan fingerprint density at radius 1 is 1.19 bits per heavy atom. The molecule has 0 spiro atoms. The number of ketones is 1. The van der Waals surface area contributed by atoms with Gasteiger partial charge in [-0.1, -0.05) is 12.1 Å². The van der Waals surface area contributed by atoms with Gasteiger partial charge in [0.2, 0.25) is 0 Å². The summed E-state index contributed by atoms with van der Waals surface area (Å²) in [4.78, 5) is 25.9. The summed E-state index contributed by atoms with van der Waals surface area (Å²) >= 11 is 0. The molecular weight excluding hydrogens is 266 g/mol. The minimum Gasteiger partial charge on any atom is -0.450 e. The molecule has 4 heteroatoms. The molecule has 0 bridgehead atoms. The third-order valence-corrected chi connectivity index (χ3v) is 4.18. The summed E-state index contributed by atoms with van der Waals surface area (Å²) in [6.45, 7) is 7.45. The fourth-order valence-electron chi connectivity index (χ4n) is 2.67. The Morgan fingerprint density at radius 2 is 1.86 bits per heavy atom. The van der Waals surface area contributed by atoms with Crippen molar-refractivity contribution in [3.05, 3.63) is 34.9 Å². The average Bonchev–Trinajstić information content (AvgIpc) is 2.50. The fraction of sp³-hybridized carbons (Fsp3) is 0.529. The molecule has 1 aliphatic rings. The summed E-state index contributed by atoms with van der Waals surface area (Å²) in [5.74, 6) is 0.208. The highest BCUT2D eigenvalue weighted by molar-refractivity contribution is 5.98. The normalized spacial score (nSPS) is 15.9. The van der Waals surface area contributed by atoms with E-state index in [0.717, 1.165) is 11.1 Å². The van der Waals surface area contributed by atoms with E-state index in [1.807, 2.05) is 32.0 Å². The van der Waals surface area contributed by atoms with E-state index in [1.54, 1.807) is 11.8 Å². The van der Waals surface area contributed by atoms with Crippen molar-refractivity contribution in [1.29, 1.82) is 0 Å². The number of benzene rings is 1. The monoisotopic (exact) mass is 289 g/mol. The van der Waals surface area contributed by atoms with Crippen molar-refractivity contribution in [2.45, 2.75) is 33.6 Å². The molecule has 0 unspecified atom stereocenters. The van der Waals surface area contributed by atoms with Crippen molar-refractivity contribution in [2.75, 3.05) is 19.7 Å². The number of piperidine rings is 1. The van der Waals surface area contributed by atoms with Crippen LogP contribution in [0.5, 0.6) is 0 Å². The van der Waals surface area contributed by atoms with Gasteiger partial charge in [-0.15, -0.1) is 0 Å². The Morgan fingerprint density at radius 3 is 2.43 bits per heavy atom. The summed E-state index contributed by atoms with van der Waals surface area (Å²) in [6.07, 6.45) is 1.16.